The van der Waals surface area contributed by atoms with Gasteiger partial charge >= 0.3 is 0 Å². The zero-order valence-corrected chi connectivity index (χ0v) is 24.3. The second-order valence-electron chi connectivity index (χ2n) is 10.7. The van der Waals surface area contributed by atoms with Gasteiger partial charge < -0.3 is 15.0 Å². The predicted molar refractivity (Wildman–Crippen MR) is 159 cm³/mol. The first-order valence-corrected chi connectivity index (χ1v) is 15.7. The summed E-state index contributed by atoms with van der Waals surface area (Å²) in [5, 5.41) is 11.2. The average Bonchev–Trinajstić information content (AvgIpc) is 3.48. The number of nitrogens with zero attached hydrogens (tertiary/aromatic N) is 5. The van der Waals surface area contributed by atoms with Gasteiger partial charge in [0.1, 0.15) is 29.8 Å². The van der Waals surface area contributed by atoms with Crippen LogP contribution < -0.4 is 10.1 Å². The van der Waals surface area contributed by atoms with Crippen molar-refractivity contribution in [3.63, 3.8) is 0 Å². The molecule has 2 fully saturated rings. The van der Waals surface area contributed by atoms with Crippen molar-refractivity contribution in [1.82, 2.24) is 29.4 Å². The Kier molecular flexibility index (Phi) is 8.08. The number of rotatable bonds is 8. The van der Waals surface area contributed by atoms with Crippen LogP contribution in [-0.2, 0) is 14.8 Å². The molecule has 1 amide bonds. The molecule has 43 heavy (non-hydrogen) atoms. The number of amides is 1. The second kappa shape index (κ2) is 12.1. The lowest BCUT2D eigenvalue weighted by Crippen LogP contribution is -2.44. The second-order valence-corrected chi connectivity index (χ2v) is 12.6. The Balaban J connectivity index is 1.15. The number of aromatic amines is 1. The van der Waals surface area contributed by atoms with Gasteiger partial charge in [-0.1, -0.05) is 24.8 Å². The highest BCUT2D eigenvalue weighted by Crippen LogP contribution is 2.35. The Morgan fingerprint density at radius 1 is 1.09 bits per heavy atom. The maximum atomic E-state index is 15.3. The Hall–Kier alpha value is -4.36. The highest BCUT2D eigenvalue weighted by molar-refractivity contribution is 7.89. The molecule has 0 spiro atoms. The molecule has 2 aromatic carbocycles. The van der Waals surface area contributed by atoms with Crippen molar-refractivity contribution in [3.05, 3.63) is 79.0 Å². The summed E-state index contributed by atoms with van der Waals surface area (Å²) in [4.78, 5) is 22.6. The van der Waals surface area contributed by atoms with Gasteiger partial charge in [0.25, 0.3) is 0 Å². The van der Waals surface area contributed by atoms with E-state index in [1.807, 2.05) is 0 Å². The smallest absolute Gasteiger partial charge is 0.245 e. The number of piperidine rings is 2. The van der Waals surface area contributed by atoms with E-state index < -0.39 is 21.9 Å². The molecule has 2 saturated heterocycles. The third-order valence-corrected chi connectivity index (χ3v) is 9.87. The molecule has 2 N–H and O–H groups in total. The Morgan fingerprint density at radius 2 is 1.88 bits per heavy atom. The number of likely N-dealkylation sites (tertiary alicyclic amines) is 1. The first-order chi connectivity index (χ1) is 20.8. The number of aromatic nitrogens is 4. The number of carbonyl (C=O) groups is 1. The van der Waals surface area contributed by atoms with Gasteiger partial charge in [-0.3, -0.25) is 9.89 Å². The van der Waals surface area contributed by atoms with Gasteiger partial charge in [0.2, 0.25) is 15.9 Å². The van der Waals surface area contributed by atoms with E-state index in [-0.39, 0.29) is 29.0 Å². The van der Waals surface area contributed by atoms with Gasteiger partial charge in [0, 0.05) is 31.6 Å². The number of anilines is 2. The van der Waals surface area contributed by atoms with Gasteiger partial charge in [0.15, 0.2) is 5.65 Å². The lowest BCUT2D eigenvalue weighted by Gasteiger charge is -2.32. The average molecular weight is 606 g/mol. The van der Waals surface area contributed by atoms with E-state index >= 15 is 4.39 Å². The number of H-pyrrole nitrogens is 1. The fraction of sp³-hybridized carbons (Fsp3) is 0.333. The Bertz CT molecular complexity index is 1740. The van der Waals surface area contributed by atoms with Crippen molar-refractivity contribution in [3.8, 4) is 5.75 Å². The molecule has 11 nitrogen and oxygen atoms in total. The van der Waals surface area contributed by atoms with E-state index in [2.05, 4.69) is 32.1 Å². The summed E-state index contributed by atoms with van der Waals surface area (Å²) in [7, 11) is -3.64. The van der Waals surface area contributed by atoms with E-state index in [1.54, 1.807) is 47.4 Å². The molecule has 0 saturated carbocycles. The molecule has 1 atom stereocenters. The first kappa shape index (κ1) is 28.7. The van der Waals surface area contributed by atoms with Crippen LogP contribution in [0.2, 0.25) is 0 Å². The van der Waals surface area contributed by atoms with Crippen LogP contribution >= 0.6 is 0 Å². The van der Waals surface area contributed by atoms with Crippen molar-refractivity contribution in [2.24, 2.45) is 0 Å². The summed E-state index contributed by atoms with van der Waals surface area (Å²) in [6, 6.07) is 12.8. The fourth-order valence-corrected chi connectivity index (χ4v) is 7.27. The number of sulfonamides is 1. The number of carbonyl (C=O) groups excluding carboxylic acids is 1. The minimum Gasteiger partial charge on any atom is -0.489 e. The van der Waals surface area contributed by atoms with Crippen molar-refractivity contribution >= 4 is 38.5 Å². The number of fused-ring (bicyclic) bond motifs is 1. The van der Waals surface area contributed by atoms with Gasteiger partial charge in [-0.25, -0.2) is 22.8 Å². The third kappa shape index (κ3) is 5.95. The molecule has 2 aliphatic heterocycles. The van der Waals surface area contributed by atoms with Crippen LogP contribution in [0.15, 0.2) is 72.4 Å². The predicted octanol–water partition coefficient (Wildman–Crippen LogP) is 4.36. The van der Waals surface area contributed by atoms with Gasteiger partial charge in [-0.15, -0.1) is 0 Å². The quantitative estimate of drug-likeness (QED) is 0.283. The molecule has 0 bridgehead atoms. The fourth-order valence-electron chi connectivity index (χ4n) is 5.74. The maximum absolute atomic E-state index is 15.3. The highest BCUT2D eigenvalue weighted by Gasteiger charge is 2.31. The summed E-state index contributed by atoms with van der Waals surface area (Å²) < 4.78 is 49.0. The van der Waals surface area contributed by atoms with Gasteiger partial charge in [-0.05, 0) is 56.0 Å². The summed E-state index contributed by atoms with van der Waals surface area (Å²) in [6.45, 7) is 5.35. The van der Waals surface area contributed by atoms with E-state index in [4.69, 9.17) is 4.74 Å². The molecule has 0 radical (unpaired) electrons. The van der Waals surface area contributed by atoms with Crippen molar-refractivity contribution in [2.75, 3.05) is 31.5 Å². The molecule has 6 rings (SSSR count). The van der Waals surface area contributed by atoms with Gasteiger partial charge in [0.05, 0.1) is 28.2 Å². The number of nitrogens with one attached hydrogen (secondary N) is 2. The molecule has 224 valence electrons. The number of benzene rings is 2. The molecule has 0 aliphatic carbocycles. The number of hydrogen-bond acceptors (Lipinski definition) is 8. The zero-order valence-electron chi connectivity index (χ0n) is 23.4. The first-order valence-electron chi connectivity index (χ1n) is 14.2. The normalized spacial score (nSPS) is 18.4. The summed E-state index contributed by atoms with van der Waals surface area (Å²) >= 11 is 0. The SMILES string of the molecule is C=CC(=O)N1CCC(c2[nH]nc3ncnc(Nc4ccc(OC5CCCN(S(=O)(=O)c6ccccc6)C5)cc4F)c23)CC1. The number of hydrogen-bond donors (Lipinski definition) is 2. The van der Waals surface area contributed by atoms with E-state index in [0.717, 1.165) is 18.5 Å². The van der Waals surface area contributed by atoms with Crippen molar-refractivity contribution < 1.29 is 22.3 Å². The molecule has 2 aromatic heterocycles. The van der Waals surface area contributed by atoms with Gasteiger partial charge in [-0.2, -0.15) is 9.40 Å². The monoisotopic (exact) mass is 605 g/mol. The van der Waals surface area contributed by atoms with E-state index in [9.17, 15) is 13.2 Å². The van der Waals surface area contributed by atoms with E-state index in [0.29, 0.717) is 55.1 Å². The van der Waals surface area contributed by atoms with Crippen LogP contribution in [0.4, 0.5) is 15.9 Å². The third-order valence-electron chi connectivity index (χ3n) is 7.99. The number of halogens is 1. The summed E-state index contributed by atoms with van der Waals surface area (Å²) in [5.74, 6) is 0.200. The zero-order chi connectivity index (χ0) is 30.0. The topological polar surface area (TPSA) is 133 Å². The summed E-state index contributed by atoms with van der Waals surface area (Å²) in [6.07, 6.45) is 5.05. The number of ether oxygens (including phenoxy) is 1. The molecule has 1 unspecified atom stereocenters. The molecular formula is C30H32FN7O4S. The van der Waals surface area contributed by atoms with Crippen LogP contribution in [0.1, 0.15) is 37.3 Å². The minimum atomic E-state index is -3.64. The van der Waals surface area contributed by atoms with Crippen LogP contribution in [0.5, 0.6) is 5.75 Å². The van der Waals surface area contributed by atoms with Crippen molar-refractivity contribution in [2.45, 2.75) is 42.6 Å². The van der Waals surface area contributed by atoms with Crippen LogP contribution in [-0.4, -0.2) is 76.0 Å². The molecule has 4 aromatic rings. The maximum Gasteiger partial charge on any atom is 0.245 e. The molecule has 13 heteroatoms. The largest absolute Gasteiger partial charge is 0.489 e. The molecule has 4 heterocycles. The highest BCUT2D eigenvalue weighted by atomic mass is 32.2. The molecular weight excluding hydrogens is 573 g/mol. The van der Waals surface area contributed by atoms with Crippen LogP contribution in [0.3, 0.4) is 0 Å². The lowest BCUT2D eigenvalue weighted by molar-refractivity contribution is -0.127. The minimum absolute atomic E-state index is 0.0838. The van der Waals surface area contributed by atoms with Crippen molar-refractivity contribution in [1.29, 1.82) is 0 Å². The van der Waals surface area contributed by atoms with E-state index in [1.165, 1.54) is 22.8 Å². The standard InChI is InChI=1S/C30H32FN7O4S/c1-2-26(39)37-15-12-20(13-16-37)28-27-29(32-19-33-30(27)36-35-28)34-25-11-10-21(17-24(25)31)42-22-7-6-14-38(18-22)43(40,41)23-8-4-3-5-9-23/h2-5,8-11,17,19-20,22H,1,6-7,12-16,18H2,(H2,32,33,34,35,36). The Morgan fingerprint density at radius 3 is 2.63 bits per heavy atom. The Labute approximate surface area is 248 Å². The molecule has 2 aliphatic rings. The lowest BCUT2D eigenvalue weighted by atomic mass is 9.92. The van der Waals surface area contributed by atoms with Crippen LogP contribution in [0, 0.1) is 5.82 Å². The summed E-state index contributed by atoms with van der Waals surface area (Å²) in [5.41, 5.74) is 1.50. The van der Waals surface area contributed by atoms with Crippen LogP contribution in [0.25, 0.3) is 11.0 Å².